The van der Waals surface area contributed by atoms with Gasteiger partial charge in [-0.15, -0.1) is 6.42 Å². The summed E-state index contributed by atoms with van der Waals surface area (Å²) < 4.78 is 0. The Kier molecular flexibility index (Phi) is 5.45. The molecule has 0 radical (unpaired) electrons. The van der Waals surface area contributed by atoms with Gasteiger partial charge in [0.2, 0.25) is 5.91 Å². The zero-order valence-electron chi connectivity index (χ0n) is 11.4. The standard InChI is InChI=1S/C16H21NO/c1-5-10-17-16(18)13(4)15-8-6-14(7-9-15)11-12(2)3/h1,6-9,12-13H,10-11H2,2-4H3,(H,17,18). The Balaban J connectivity index is 2.67. The lowest BCUT2D eigenvalue weighted by Crippen LogP contribution is -2.28. The molecular formula is C16H21NO. The molecule has 18 heavy (non-hydrogen) atoms. The zero-order chi connectivity index (χ0) is 13.5. The van der Waals surface area contributed by atoms with Gasteiger partial charge in [0.15, 0.2) is 0 Å². The summed E-state index contributed by atoms with van der Waals surface area (Å²) in [5, 5.41) is 2.70. The van der Waals surface area contributed by atoms with Crippen LogP contribution in [-0.2, 0) is 11.2 Å². The van der Waals surface area contributed by atoms with Crippen LogP contribution in [0.2, 0.25) is 0 Å². The minimum Gasteiger partial charge on any atom is -0.345 e. The third-order valence-corrected chi connectivity index (χ3v) is 2.88. The highest BCUT2D eigenvalue weighted by molar-refractivity contribution is 5.83. The Morgan fingerprint density at radius 2 is 1.89 bits per heavy atom. The molecule has 1 rings (SSSR count). The lowest BCUT2D eigenvalue weighted by molar-refractivity contribution is -0.121. The molecule has 1 atom stereocenters. The highest BCUT2D eigenvalue weighted by Gasteiger charge is 2.14. The maximum Gasteiger partial charge on any atom is 0.228 e. The first-order valence-electron chi connectivity index (χ1n) is 6.34. The van der Waals surface area contributed by atoms with Crippen LogP contribution < -0.4 is 5.32 Å². The van der Waals surface area contributed by atoms with Crippen molar-refractivity contribution < 1.29 is 4.79 Å². The SMILES string of the molecule is C#CCNC(=O)C(C)c1ccc(CC(C)C)cc1. The van der Waals surface area contributed by atoms with Crippen molar-refractivity contribution in [3.05, 3.63) is 35.4 Å². The number of rotatable bonds is 5. The summed E-state index contributed by atoms with van der Waals surface area (Å²) in [7, 11) is 0. The van der Waals surface area contributed by atoms with E-state index in [1.54, 1.807) is 0 Å². The summed E-state index contributed by atoms with van der Waals surface area (Å²) in [6.45, 7) is 6.57. The lowest BCUT2D eigenvalue weighted by atomic mass is 9.96. The van der Waals surface area contributed by atoms with E-state index in [9.17, 15) is 4.79 Å². The van der Waals surface area contributed by atoms with Crippen LogP contribution in [0, 0.1) is 18.3 Å². The quantitative estimate of drug-likeness (QED) is 0.792. The Morgan fingerprint density at radius 1 is 1.28 bits per heavy atom. The molecule has 0 bridgehead atoms. The van der Waals surface area contributed by atoms with E-state index in [1.807, 2.05) is 19.1 Å². The van der Waals surface area contributed by atoms with Gasteiger partial charge in [0, 0.05) is 0 Å². The van der Waals surface area contributed by atoms with Crippen molar-refractivity contribution in [1.82, 2.24) is 5.32 Å². The van der Waals surface area contributed by atoms with Crippen molar-refractivity contribution in [1.29, 1.82) is 0 Å². The molecule has 1 N–H and O–H groups in total. The van der Waals surface area contributed by atoms with Gasteiger partial charge >= 0.3 is 0 Å². The molecule has 0 spiro atoms. The Morgan fingerprint density at radius 3 is 2.39 bits per heavy atom. The van der Waals surface area contributed by atoms with Crippen molar-refractivity contribution in [3.63, 3.8) is 0 Å². The van der Waals surface area contributed by atoms with Crippen LogP contribution >= 0.6 is 0 Å². The number of carbonyl (C=O) groups excluding carboxylic acids is 1. The Labute approximate surface area is 110 Å². The minimum absolute atomic E-state index is 0.0236. The van der Waals surface area contributed by atoms with Crippen molar-refractivity contribution in [2.24, 2.45) is 5.92 Å². The van der Waals surface area contributed by atoms with Crippen LogP contribution in [0.4, 0.5) is 0 Å². The first-order chi connectivity index (χ1) is 8.54. The number of benzene rings is 1. The molecule has 1 aromatic carbocycles. The van der Waals surface area contributed by atoms with Crippen molar-refractivity contribution in [2.45, 2.75) is 33.1 Å². The Bertz CT molecular complexity index is 425. The van der Waals surface area contributed by atoms with Crippen molar-refractivity contribution in [2.75, 3.05) is 6.54 Å². The second-order valence-corrected chi connectivity index (χ2v) is 4.98. The number of carbonyl (C=O) groups is 1. The van der Waals surface area contributed by atoms with Gasteiger partial charge in [0.1, 0.15) is 0 Å². The molecule has 1 amide bonds. The monoisotopic (exact) mass is 243 g/mol. The zero-order valence-corrected chi connectivity index (χ0v) is 11.4. The summed E-state index contributed by atoms with van der Waals surface area (Å²) >= 11 is 0. The van der Waals surface area contributed by atoms with Gasteiger partial charge in [-0.05, 0) is 30.4 Å². The van der Waals surface area contributed by atoms with Crippen LogP contribution in [0.1, 0.15) is 37.8 Å². The van der Waals surface area contributed by atoms with Gasteiger partial charge in [0.25, 0.3) is 0 Å². The molecule has 96 valence electrons. The van der Waals surface area contributed by atoms with E-state index in [4.69, 9.17) is 6.42 Å². The summed E-state index contributed by atoms with van der Waals surface area (Å²) in [5.41, 5.74) is 2.34. The molecule has 2 nitrogen and oxygen atoms in total. The molecule has 0 heterocycles. The highest BCUT2D eigenvalue weighted by Crippen LogP contribution is 2.17. The molecule has 0 aliphatic heterocycles. The smallest absolute Gasteiger partial charge is 0.228 e. The summed E-state index contributed by atoms with van der Waals surface area (Å²) in [6, 6.07) is 8.25. The summed E-state index contributed by atoms with van der Waals surface area (Å²) in [5.74, 6) is 2.87. The second-order valence-electron chi connectivity index (χ2n) is 4.98. The average molecular weight is 243 g/mol. The fourth-order valence-corrected chi connectivity index (χ4v) is 1.86. The van der Waals surface area contributed by atoms with Gasteiger partial charge in [0.05, 0.1) is 12.5 Å². The van der Waals surface area contributed by atoms with Crippen LogP contribution in [0.15, 0.2) is 24.3 Å². The topological polar surface area (TPSA) is 29.1 Å². The van der Waals surface area contributed by atoms with Crippen molar-refractivity contribution in [3.8, 4) is 12.3 Å². The van der Waals surface area contributed by atoms with Gasteiger partial charge in [-0.3, -0.25) is 4.79 Å². The van der Waals surface area contributed by atoms with Gasteiger partial charge in [-0.25, -0.2) is 0 Å². The van der Waals surface area contributed by atoms with Crippen LogP contribution in [-0.4, -0.2) is 12.5 Å². The molecule has 0 aliphatic carbocycles. The van der Waals surface area contributed by atoms with E-state index in [-0.39, 0.29) is 18.4 Å². The predicted octanol–water partition coefficient (Wildman–Crippen LogP) is 2.74. The average Bonchev–Trinajstić information content (AvgIpc) is 2.35. The van der Waals surface area contributed by atoms with Crippen LogP contribution in [0.25, 0.3) is 0 Å². The fourth-order valence-electron chi connectivity index (χ4n) is 1.86. The maximum absolute atomic E-state index is 11.8. The highest BCUT2D eigenvalue weighted by atomic mass is 16.1. The van der Waals surface area contributed by atoms with Crippen LogP contribution in [0.5, 0.6) is 0 Å². The number of nitrogens with one attached hydrogen (secondary N) is 1. The number of hydrogen-bond donors (Lipinski definition) is 1. The number of terminal acetylenes is 1. The second kappa shape index (κ2) is 6.86. The molecule has 1 aromatic rings. The lowest BCUT2D eigenvalue weighted by Gasteiger charge is -2.12. The van der Waals surface area contributed by atoms with E-state index >= 15 is 0 Å². The van der Waals surface area contributed by atoms with E-state index in [2.05, 4.69) is 37.2 Å². The first kappa shape index (κ1) is 14.3. The Hall–Kier alpha value is -1.75. The van der Waals surface area contributed by atoms with Gasteiger partial charge in [-0.2, -0.15) is 0 Å². The number of amides is 1. The fraction of sp³-hybridized carbons (Fsp3) is 0.438. The molecule has 2 heteroatoms. The van der Waals surface area contributed by atoms with Crippen molar-refractivity contribution >= 4 is 5.91 Å². The third kappa shape index (κ3) is 4.25. The summed E-state index contributed by atoms with van der Waals surface area (Å²) in [4.78, 5) is 11.8. The predicted molar refractivity (Wildman–Crippen MR) is 75.2 cm³/mol. The van der Waals surface area contributed by atoms with Gasteiger partial charge < -0.3 is 5.32 Å². The van der Waals surface area contributed by atoms with E-state index in [0.717, 1.165) is 12.0 Å². The third-order valence-electron chi connectivity index (χ3n) is 2.88. The molecule has 0 aromatic heterocycles. The minimum atomic E-state index is -0.161. The van der Waals surface area contributed by atoms with Gasteiger partial charge in [-0.1, -0.05) is 44.0 Å². The molecule has 0 aliphatic rings. The van der Waals surface area contributed by atoms with E-state index in [1.165, 1.54) is 5.56 Å². The van der Waals surface area contributed by atoms with E-state index in [0.29, 0.717) is 5.92 Å². The van der Waals surface area contributed by atoms with E-state index < -0.39 is 0 Å². The first-order valence-corrected chi connectivity index (χ1v) is 6.34. The number of hydrogen-bond acceptors (Lipinski definition) is 1. The molecular weight excluding hydrogens is 222 g/mol. The maximum atomic E-state index is 11.8. The largest absolute Gasteiger partial charge is 0.345 e. The normalized spacial score (nSPS) is 11.9. The molecule has 0 saturated carbocycles. The molecule has 0 fully saturated rings. The molecule has 1 unspecified atom stereocenters. The summed E-state index contributed by atoms with van der Waals surface area (Å²) in [6.07, 6.45) is 6.18. The molecule has 0 saturated heterocycles. The van der Waals surface area contributed by atoms with Crippen LogP contribution in [0.3, 0.4) is 0 Å².